The number of esters is 1. The van der Waals surface area contributed by atoms with Gasteiger partial charge in [0.1, 0.15) is 12.4 Å². The predicted molar refractivity (Wildman–Crippen MR) is 93.2 cm³/mol. The number of benzene rings is 1. The van der Waals surface area contributed by atoms with Crippen LogP contribution in [0, 0.1) is 0 Å². The number of rotatable bonds is 8. The van der Waals surface area contributed by atoms with Crippen LogP contribution in [-0.4, -0.2) is 57.1 Å². The Morgan fingerprint density at radius 3 is 2.38 bits per heavy atom. The molecular formula is C19H25NO6. The van der Waals surface area contributed by atoms with Gasteiger partial charge in [-0.15, -0.1) is 0 Å². The average Bonchev–Trinajstić information content (AvgIpc) is 3.37. The van der Waals surface area contributed by atoms with E-state index in [1.807, 2.05) is 0 Å². The second-order valence-corrected chi connectivity index (χ2v) is 6.49. The number of amides is 1. The Morgan fingerprint density at radius 2 is 1.73 bits per heavy atom. The lowest BCUT2D eigenvalue weighted by molar-refractivity contribution is -0.124. The Bertz CT molecular complexity index is 591. The second kappa shape index (κ2) is 9.54. The molecule has 0 unspecified atom stereocenters. The molecule has 0 saturated carbocycles. The van der Waals surface area contributed by atoms with E-state index in [0.29, 0.717) is 24.5 Å². The van der Waals surface area contributed by atoms with E-state index in [9.17, 15) is 9.59 Å². The maximum atomic E-state index is 12.0. The van der Waals surface area contributed by atoms with E-state index < -0.39 is 5.97 Å². The Labute approximate surface area is 152 Å². The molecule has 1 N–H and O–H groups in total. The van der Waals surface area contributed by atoms with Crippen LogP contribution < -0.4 is 10.1 Å². The van der Waals surface area contributed by atoms with Crippen molar-refractivity contribution in [1.82, 2.24) is 5.32 Å². The van der Waals surface area contributed by atoms with Crippen LogP contribution in [0.1, 0.15) is 36.0 Å². The van der Waals surface area contributed by atoms with Gasteiger partial charge in [0.05, 0.1) is 17.8 Å². The number of hydrogen-bond acceptors (Lipinski definition) is 6. The van der Waals surface area contributed by atoms with Crippen molar-refractivity contribution >= 4 is 11.9 Å². The van der Waals surface area contributed by atoms with E-state index in [-0.39, 0.29) is 24.7 Å². The highest BCUT2D eigenvalue weighted by molar-refractivity contribution is 5.91. The van der Waals surface area contributed by atoms with Crippen LogP contribution in [0.15, 0.2) is 24.3 Å². The first-order chi connectivity index (χ1) is 12.7. The van der Waals surface area contributed by atoms with E-state index in [1.165, 1.54) is 0 Å². The SMILES string of the molecule is O=C(COC(=O)c1ccc(OC[C@H]2CCCO2)cc1)NC[C@H]1CCCO1. The van der Waals surface area contributed by atoms with Gasteiger partial charge in [0.2, 0.25) is 0 Å². The number of nitrogens with one attached hydrogen (secondary N) is 1. The van der Waals surface area contributed by atoms with E-state index in [4.69, 9.17) is 18.9 Å². The predicted octanol–water partition coefficient (Wildman–Crippen LogP) is 1.70. The summed E-state index contributed by atoms with van der Waals surface area (Å²) in [6, 6.07) is 6.67. The van der Waals surface area contributed by atoms with Gasteiger partial charge < -0.3 is 24.3 Å². The minimum atomic E-state index is -0.539. The van der Waals surface area contributed by atoms with Crippen molar-refractivity contribution in [2.45, 2.75) is 37.9 Å². The van der Waals surface area contributed by atoms with Gasteiger partial charge in [-0.2, -0.15) is 0 Å². The van der Waals surface area contributed by atoms with Crippen LogP contribution in [0.25, 0.3) is 0 Å². The third-order valence-electron chi connectivity index (χ3n) is 4.44. The Balaban J connectivity index is 1.36. The topological polar surface area (TPSA) is 83.1 Å². The van der Waals surface area contributed by atoms with Crippen molar-refractivity contribution in [3.05, 3.63) is 29.8 Å². The number of ether oxygens (including phenoxy) is 4. The molecule has 3 rings (SSSR count). The van der Waals surface area contributed by atoms with Crippen molar-refractivity contribution in [3.63, 3.8) is 0 Å². The van der Waals surface area contributed by atoms with Gasteiger partial charge >= 0.3 is 5.97 Å². The molecule has 2 aliphatic rings. The number of carbonyl (C=O) groups excluding carboxylic acids is 2. The molecule has 142 valence electrons. The molecule has 1 aromatic rings. The summed E-state index contributed by atoms with van der Waals surface area (Å²) < 4.78 is 21.6. The van der Waals surface area contributed by atoms with Crippen molar-refractivity contribution in [1.29, 1.82) is 0 Å². The zero-order valence-corrected chi connectivity index (χ0v) is 14.8. The van der Waals surface area contributed by atoms with Crippen molar-refractivity contribution in [3.8, 4) is 5.75 Å². The van der Waals surface area contributed by atoms with Crippen molar-refractivity contribution in [2.24, 2.45) is 0 Å². The molecule has 26 heavy (non-hydrogen) atoms. The Hall–Kier alpha value is -2.12. The van der Waals surface area contributed by atoms with E-state index in [1.54, 1.807) is 24.3 Å². The molecule has 1 amide bonds. The lowest BCUT2D eigenvalue weighted by Gasteiger charge is -2.12. The van der Waals surface area contributed by atoms with Gasteiger partial charge in [0.25, 0.3) is 5.91 Å². The summed E-state index contributed by atoms with van der Waals surface area (Å²) >= 11 is 0. The van der Waals surface area contributed by atoms with Crippen molar-refractivity contribution in [2.75, 3.05) is 33.0 Å². The van der Waals surface area contributed by atoms with Crippen LogP contribution in [0.4, 0.5) is 0 Å². The zero-order chi connectivity index (χ0) is 18.2. The van der Waals surface area contributed by atoms with Crippen LogP contribution in [0.3, 0.4) is 0 Å². The molecule has 7 heteroatoms. The molecule has 2 aliphatic heterocycles. The molecule has 0 bridgehead atoms. The summed E-state index contributed by atoms with van der Waals surface area (Å²) in [5.74, 6) is -0.195. The van der Waals surface area contributed by atoms with Gasteiger partial charge in [0, 0.05) is 19.8 Å². The third kappa shape index (κ3) is 5.71. The lowest BCUT2D eigenvalue weighted by atomic mass is 10.2. The second-order valence-electron chi connectivity index (χ2n) is 6.49. The summed E-state index contributed by atoms with van der Waals surface area (Å²) in [7, 11) is 0. The van der Waals surface area contributed by atoms with Crippen LogP contribution in [0.5, 0.6) is 5.75 Å². The maximum Gasteiger partial charge on any atom is 0.338 e. The van der Waals surface area contributed by atoms with Crippen LogP contribution in [-0.2, 0) is 19.0 Å². The summed E-state index contributed by atoms with van der Waals surface area (Å²) in [6.07, 6.45) is 4.26. The molecule has 2 heterocycles. The quantitative estimate of drug-likeness (QED) is 0.708. The van der Waals surface area contributed by atoms with Gasteiger partial charge in [-0.3, -0.25) is 4.79 Å². The molecule has 7 nitrogen and oxygen atoms in total. The fraction of sp³-hybridized carbons (Fsp3) is 0.579. The fourth-order valence-corrected chi connectivity index (χ4v) is 2.95. The monoisotopic (exact) mass is 363 g/mol. The minimum Gasteiger partial charge on any atom is -0.491 e. The van der Waals surface area contributed by atoms with Crippen LogP contribution in [0.2, 0.25) is 0 Å². The molecule has 2 atom stereocenters. The first kappa shape index (κ1) is 18.7. The fourth-order valence-electron chi connectivity index (χ4n) is 2.95. The largest absolute Gasteiger partial charge is 0.491 e. The van der Waals surface area contributed by atoms with Gasteiger partial charge in [0.15, 0.2) is 6.61 Å². The first-order valence-electron chi connectivity index (χ1n) is 9.10. The van der Waals surface area contributed by atoms with E-state index >= 15 is 0 Å². The summed E-state index contributed by atoms with van der Waals surface area (Å²) in [5.41, 5.74) is 0.376. The zero-order valence-electron chi connectivity index (χ0n) is 14.8. The normalized spacial score (nSPS) is 22.2. The molecular weight excluding hydrogens is 338 g/mol. The summed E-state index contributed by atoms with van der Waals surface area (Å²) in [5, 5.41) is 2.71. The highest BCUT2D eigenvalue weighted by Gasteiger charge is 2.18. The number of hydrogen-bond donors (Lipinski definition) is 1. The molecule has 2 fully saturated rings. The summed E-state index contributed by atoms with van der Waals surface area (Å²) in [4.78, 5) is 23.7. The first-order valence-corrected chi connectivity index (χ1v) is 9.10. The highest BCUT2D eigenvalue weighted by atomic mass is 16.5. The molecule has 0 aliphatic carbocycles. The Kier molecular flexibility index (Phi) is 6.85. The lowest BCUT2D eigenvalue weighted by Crippen LogP contribution is -2.34. The van der Waals surface area contributed by atoms with Gasteiger partial charge in [-0.1, -0.05) is 0 Å². The molecule has 0 aromatic heterocycles. The van der Waals surface area contributed by atoms with E-state index in [2.05, 4.69) is 5.32 Å². The highest BCUT2D eigenvalue weighted by Crippen LogP contribution is 2.17. The van der Waals surface area contributed by atoms with Crippen molar-refractivity contribution < 1.29 is 28.5 Å². The van der Waals surface area contributed by atoms with E-state index in [0.717, 1.165) is 38.9 Å². The molecule has 0 spiro atoms. The van der Waals surface area contributed by atoms with Gasteiger partial charge in [-0.05, 0) is 49.9 Å². The maximum absolute atomic E-state index is 12.0. The smallest absolute Gasteiger partial charge is 0.338 e. The van der Waals surface area contributed by atoms with Crippen LogP contribution >= 0.6 is 0 Å². The van der Waals surface area contributed by atoms with Gasteiger partial charge in [-0.25, -0.2) is 4.79 Å². The minimum absolute atomic E-state index is 0.0665. The standard InChI is InChI=1S/C19H25NO6/c21-18(20-11-16-3-1-9-23-16)13-26-19(22)14-5-7-15(8-6-14)25-12-17-4-2-10-24-17/h5-8,16-17H,1-4,9-13H2,(H,20,21)/t16-,17-/m1/s1. The molecule has 1 aromatic carbocycles. The Morgan fingerprint density at radius 1 is 1.04 bits per heavy atom. The molecule has 2 saturated heterocycles. The summed E-state index contributed by atoms with van der Waals surface area (Å²) in [6.45, 7) is 2.19. The third-order valence-corrected chi connectivity index (χ3v) is 4.44. The average molecular weight is 363 g/mol. The number of carbonyl (C=O) groups is 2. The molecule has 0 radical (unpaired) electrons.